The number of piperidine rings is 1. The van der Waals surface area contributed by atoms with Crippen LogP contribution in [0, 0.1) is 11.8 Å². The van der Waals surface area contributed by atoms with E-state index < -0.39 is 29.5 Å². The zero-order valence-corrected chi connectivity index (χ0v) is 26.5. The van der Waals surface area contributed by atoms with Crippen molar-refractivity contribution in [2.24, 2.45) is 0 Å². The molecule has 0 unspecified atom stereocenters. The Kier molecular flexibility index (Phi) is 8.75. The van der Waals surface area contributed by atoms with Crippen LogP contribution in [-0.4, -0.2) is 53.4 Å². The normalized spacial score (nSPS) is 15.6. The van der Waals surface area contributed by atoms with Crippen molar-refractivity contribution in [3.63, 3.8) is 0 Å². The summed E-state index contributed by atoms with van der Waals surface area (Å²) in [5.74, 6) is 6.73. The number of urea groups is 1. The predicted molar refractivity (Wildman–Crippen MR) is 174 cm³/mol. The van der Waals surface area contributed by atoms with E-state index in [0.29, 0.717) is 46.2 Å². The number of carbonyl (C=O) groups is 2. The second-order valence-corrected chi connectivity index (χ2v) is 12.5. The molecule has 6 rings (SSSR count). The van der Waals surface area contributed by atoms with Gasteiger partial charge in [0.15, 0.2) is 18.0 Å². The lowest BCUT2D eigenvalue weighted by atomic mass is 9.99. The largest absolute Gasteiger partial charge is 0.444 e. The minimum absolute atomic E-state index is 0.0335. The van der Waals surface area contributed by atoms with Gasteiger partial charge in [0.2, 0.25) is 0 Å². The van der Waals surface area contributed by atoms with Gasteiger partial charge in [-0.3, -0.25) is 4.90 Å². The summed E-state index contributed by atoms with van der Waals surface area (Å²) < 4.78 is 51.2. The molecule has 1 saturated heterocycles. The van der Waals surface area contributed by atoms with Crippen molar-refractivity contribution >= 4 is 29.3 Å². The molecule has 248 valence electrons. The van der Waals surface area contributed by atoms with Gasteiger partial charge in [0.05, 0.1) is 35.7 Å². The first kappa shape index (κ1) is 32.4. The second kappa shape index (κ2) is 12.9. The van der Waals surface area contributed by atoms with Gasteiger partial charge in [-0.2, -0.15) is 13.2 Å². The zero-order valence-electron chi connectivity index (χ0n) is 26.5. The smallest absolute Gasteiger partial charge is 0.416 e. The number of anilines is 3. The number of benzene rings is 2. The Labute approximate surface area is 275 Å². The Hall–Kier alpha value is -5.51. The molecule has 0 spiro atoms. The van der Waals surface area contributed by atoms with Gasteiger partial charge in [0.25, 0.3) is 0 Å². The first-order valence-electron chi connectivity index (χ1n) is 15.4. The second-order valence-electron chi connectivity index (χ2n) is 12.5. The third-order valence-electron chi connectivity index (χ3n) is 7.74. The van der Waals surface area contributed by atoms with E-state index in [0.717, 1.165) is 37.2 Å². The van der Waals surface area contributed by atoms with Crippen molar-refractivity contribution in [3.05, 3.63) is 78.3 Å². The van der Waals surface area contributed by atoms with Crippen molar-refractivity contribution in [1.29, 1.82) is 0 Å². The number of carbonyl (C=O) groups excluding carboxylic acids is 2. The van der Waals surface area contributed by atoms with Crippen LogP contribution in [0.25, 0.3) is 22.6 Å². The summed E-state index contributed by atoms with van der Waals surface area (Å²) in [6.07, 6.45) is -0.660. The molecule has 1 fully saturated rings. The van der Waals surface area contributed by atoms with E-state index in [1.807, 2.05) is 6.07 Å². The maximum atomic E-state index is 14.1. The molecule has 0 saturated carbocycles. The number of hydrogen-bond acceptors (Lipinski definition) is 7. The Bertz CT molecular complexity index is 1890. The molecule has 3 amide bonds. The highest BCUT2D eigenvalue weighted by atomic mass is 19.4. The molecule has 2 N–H and O–H groups in total. The van der Waals surface area contributed by atoms with Crippen molar-refractivity contribution in [3.8, 4) is 34.4 Å². The molecule has 1 atom stereocenters. The molecule has 48 heavy (non-hydrogen) atoms. The fraction of sp³-hybridized carbons (Fsp3) is 0.314. The Morgan fingerprint density at radius 2 is 1.92 bits per heavy atom. The molecule has 2 bridgehead atoms. The van der Waals surface area contributed by atoms with Crippen LogP contribution < -0.4 is 20.4 Å². The molecular formula is C35H33F3N6O4. The summed E-state index contributed by atoms with van der Waals surface area (Å²) in [5, 5.41) is 5.57. The Morgan fingerprint density at radius 1 is 1.08 bits per heavy atom. The number of fused-ring (bicyclic) bond motifs is 4. The number of aromatic nitrogens is 2. The standard InChI is InChI=1S/C35H33F3N6O4/c1-34(2,3)48-33(46)40-13-5-7-22-15-24(30-19-39-21-47-30)18-26(16-22)41-32(45)44-27-10-6-14-43(20-27)29-12-11-28(42-31(29)44)23-8-4-9-25(17-23)35(36,37)38/h4,8-9,11-12,15-19,21,27H,6,10,13-14,20H2,1-3H3,(H,40,46)(H,41,45)/t27-/m0/s1. The quantitative estimate of drug-likeness (QED) is 0.221. The summed E-state index contributed by atoms with van der Waals surface area (Å²) in [5.41, 5.74) is 1.51. The first-order chi connectivity index (χ1) is 22.8. The molecule has 0 radical (unpaired) electrons. The number of rotatable bonds is 4. The summed E-state index contributed by atoms with van der Waals surface area (Å²) in [4.78, 5) is 38.6. The fourth-order valence-corrected chi connectivity index (χ4v) is 5.73. The van der Waals surface area contributed by atoms with Crippen molar-refractivity contribution in [2.75, 3.05) is 34.8 Å². The van der Waals surface area contributed by atoms with Crippen LogP contribution in [0.3, 0.4) is 0 Å². The molecule has 10 nitrogen and oxygen atoms in total. The Balaban J connectivity index is 1.30. The van der Waals surface area contributed by atoms with Gasteiger partial charge in [0.1, 0.15) is 5.60 Å². The van der Waals surface area contributed by atoms with Crippen LogP contribution in [-0.2, 0) is 10.9 Å². The van der Waals surface area contributed by atoms with E-state index in [-0.39, 0.29) is 12.6 Å². The van der Waals surface area contributed by atoms with E-state index in [1.165, 1.54) is 12.5 Å². The molecule has 13 heteroatoms. The van der Waals surface area contributed by atoms with Crippen LogP contribution in [0.4, 0.5) is 40.0 Å². The van der Waals surface area contributed by atoms with Gasteiger partial charge in [-0.25, -0.2) is 19.6 Å². The van der Waals surface area contributed by atoms with Crippen molar-refractivity contribution in [1.82, 2.24) is 15.3 Å². The number of amides is 3. The summed E-state index contributed by atoms with van der Waals surface area (Å²) in [6.45, 7) is 6.72. The molecule has 2 aromatic heterocycles. The number of alkyl halides is 3. The molecule has 2 aliphatic heterocycles. The molecule has 4 aromatic rings. The highest BCUT2D eigenvalue weighted by Crippen LogP contribution is 2.40. The van der Waals surface area contributed by atoms with E-state index in [4.69, 9.17) is 14.1 Å². The van der Waals surface area contributed by atoms with Crippen LogP contribution >= 0.6 is 0 Å². The zero-order chi connectivity index (χ0) is 34.1. The van der Waals surface area contributed by atoms with Gasteiger partial charge in [-0.15, -0.1) is 0 Å². The monoisotopic (exact) mass is 658 g/mol. The molecular weight excluding hydrogens is 625 g/mol. The van der Waals surface area contributed by atoms with Gasteiger partial charge >= 0.3 is 18.3 Å². The van der Waals surface area contributed by atoms with Crippen molar-refractivity contribution in [2.45, 2.75) is 51.4 Å². The van der Waals surface area contributed by atoms with Crippen molar-refractivity contribution < 1.29 is 31.9 Å². The van der Waals surface area contributed by atoms with Crippen LogP contribution in [0.5, 0.6) is 0 Å². The fourth-order valence-electron chi connectivity index (χ4n) is 5.73. The highest BCUT2D eigenvalue weighted by Gasteiger charge is 2.38. The average Bonchev–Trinajstić information content (AvgIpc) is 3.57. The van der Waals surface area contributed by atoms with Crippen LogP contribution in [0.2, 0.25) is 0 Å². The number of alkyl carbamates (subject to hydrolysis) is 1. The summed E-state index contributed by atoms with van der Waals surface area (Å²) >= 11 is 0. The number of ether oxygens (including phenoxy) is 1. The number of oxazole rings is 1. The lowest BCUT2D eigenvalue weighted by molar-refractivity contribution is -0.137. The van der Waals surface area contributed by atoms with E-state index >= 15 is 0 Å². The molecule has 2 aromatic carbocycles. The first-order valence-corrected chi connectivity index (χ1v) is 15.4. The maximum Gasteiger partial charge on any atom is 0.416 e. The highest BCUT2D eigenvalue weighted by molar-refractivity contribution is 6.05. The lowest BCUT2D eigenvalue weighted by Crippen LogP contribution is -2.56. The van der Waals surface area contributed by atoms with Gasteiger partial charge in [-0.1, -0.05) is 24.0 Å². The van der Waals surface area contributed by atoms with E-state index in [2.05, 4.69) is 32.4 Å². The lowest BCUT2D eigenvalue weighted by Gasteiger charge is -2.45. The molecule has 4 heterocycles. The third-order valence-corrected chi connectivity index (χ3v) is 7.74. The van der Waals surface area contributed by atoms with Gasteiger partial charge in [0, 0.05) is 35.5 Å². The summed E-state index contributed by atoms with van der Waals surface area (Å²) in [7, 11) is 0. The van der Waals surface area contributed by atoms with Crippen LogP contribution in [0.15, 0.2) is 71.6 Å². The topological polar surface area (TPSA) is 113 Å². The predicted octanol–water partition coefficient (Wildman–Crippen LogP) is 7.32. The molecule has 0 aliphatic carbocycles. The number of nitrogens with zero attached hydrogens (tertiary/aromatic N) is 4. The number of nitrogens with one attached hydrogen (secondary N) is 2. The van der Waals surface area contributed by atoms with Gasteiger partial charge in [-0.05, 0) is 76.1 Å². The number of hydrogen-bond donors (Lipinski definition) is 2. The third kappa shape index (κ3) is 7.38. The SMILES string of the molecule is CC(C)(C)OC(=O)NCC#Cc1cc(NC(=O)N2c3nc(-c4cccc(C(F)(F)F)c4)ccc3N3CCC[C@H]2C3)cc(-c2cnco2)c1. The maximum absolute atomic E-state index is 14.1. The van der Waals surface area contributed by atoms with E-state index in [9.17, 15) is 22.8 Å². The van der Waals surface area contributed by atoms with Crippen LogP contribution in [0.1, 0.15) is 44.7 Å². The minimum Gasteiger partial charge on any atom is -0.444 e. The summed E-state index contributed by atoms with van der Waals surface area (Å²) in [6, 6.07) is 13.0. The Morgan fingerprint density at radius 3 is 2.67 bits per heavy atom. The molecule has 2 aliphatic rings. The van der Waals surface area contributed by atoms with Gasteiger partial charge < -0.3 is 24.7 Å². The number of halogens is 3. The number of pyridine rings is 1. The minimum atomic E-state index is -4.50. The average molecular weight is 659 g/mol. The van der Waals surface area contributed by atoms with E-state index in [1.54, 1.807) is 62.2 Å².